The van der Waals surface area contributed by atoms with E-state index in [1.807, 2.05) is 36.1 Å². The van der Waals surface area contributed by atoms with Crippen LogP contribution in [0.15, 0.2) is 59.2 Å². The molecule has 166 valence electrons. The number of carbonyl (C=O) groups is 2. The molecule has 1 N–H and O–H groups in total. The summed E-state index contributed by atoms with van der Waals surface area (Å²) in [7, 11) is 3.24. The molecule has 0 saturated carbocycles. The molecule has 32 heavy (non-hydrogen) atoms. The van der Waals surface area contributed by atoms with Crippen molar-refractivity contribution < 1.29 is 23.5 Å². The number of aryl methyl sites for hydroxylation is 1. The first-order valence-electron chi connectivity index (χ1n) is 10.5. The first kappa shape index (κ1) is 21.5. The van der Waals surface area contributed by atoms with Gasteiger partial charge in [-0.1, -0.05) is 6.07 Å². The molecule has 1 aliphatic rings. The maximum absolute atomic E-state index is 13.5. The van der Waals surface area contributed by atoms with Crippen molar-refractivity contribution in [1.29, 1.82) is 0 Å². The van der Waals surface area contributed by atoms with Gasteiger partial charge in [-0.05, 0) is 67.8 Å². The third-order valence-corrected chi connectivity index (χ3v) is 5.79. The summed E-state index contributed by atoms with van der Waals surface area (Å²) in [5.41, 5.74) is 2.87. The number of nitrogens with one attached hydrogen (secondary N) is 1. The zero-order valence-electron chi connectivity index (χ0n) is 18.4. The number of methoxy groups -OCH3 is 2. The van der Waals surface area contributed by atoms with Crippen LogP contribution in [0, 0.1) is 6.92 Å². The van der Waals surface area contributed by atoms with Gasteiger partial charge in [0.1, 0.15) is 11.5 Å². The number of ether oxygens (including phenoxy) is 2. The predicted octanol–water partition coefficient (Wildman–Crippen LogP) is 4.83. The van der Waals surface area contributed by atoms with Gasteiger partial charge in [0.25, 0.3) is 11.8 Å². The molecular formula is C25H26N2O5. The van der Waals surface area contributed by atoms with E-state index in [2.05, 4.69) is 5.32 Å². The van der Waals surface area contributed by atoms with Gasteiger partial charge in [0, 0.05) is 23.4 Å². The zero-order chi connectivity index (χ0) is 22.7. The fraction of sp³-hybridized carbons (Fsp3) is 0.280. The molecule has 0 radical (unpaired) electrons. The van der Waals surface area contributed by atoms with E-state index in [4.69, 9.17) is 13.9 Å². The van der Waals surface area contributed by atoms with Gasteiger partial charge in [-0.2, -0.15) is 0 Å². The first-order valence-corrected chi connectivity index (χ1v) is 10.5. The number of amides is 2. The lowest BCUT2D eigenvalue weighted by molar-refractivity contribution is 0.0733. The summed E-state index contributed by atoms with van der Waals surface area (Å²) in [6, 6.07) is 14.1. The maximum atomic E-state index is 13.5. The summed E-state index contributed by atoms with van der Waals surface area (Å²) in [6.07, 6.45) is 3.18. The van der Waals surface area contributed by atoms with Crippen LogP contribution in [-0.2, 0) is 0 Å². The van der Waals surface area contributed by atoms with E-state index in [-0.39, 0.29) is 23.6 Å². The van der Waals surface area contributed by atoms with Gasteiger partial charge >= 0.3 is 0 Å². The minimum atomic E-state index is -0.358. The molecule has 7 heteroatoms. The summed E-state index contributed by atoms with van der Waals surface area (Å²) in [5, 5.41) is 2.83. The van der Waals surface area contributed by atoms with Crippen LogP contribution in [0.4, 0.5) is 5.69 Å². The molecule has 2 heterocycles. The summed E-state index contributed by atoms with van der Waals surface area (Å²) in [4.78, 5) is 27.8. The normalized spacial score (nSPS) is 15.5. The van der Waals surface area contributed by atoms with E-state index >= 15 is 0 Å². The number of rotatable bonds is 6. The van der Waals surface area contributed by atoms with Gasteiger partial charge in [0.15, 0.2) is 5.76 Å². The van der Waals surface area contributed by atoms with Crippen molar-refractivity contribution in [3.63, 3.8) is 0 Å². The third kappa shape index (κ3) is 4.19. The Hall–Kier alpha value is -3.74. The van der Waals surface area contributed by atoms with E-state index < -0.39 is 0 Å². The lowest BCUT2D eigenvalue weighted by Gasteiger charge is -2.27. The van der Waals surface area contributed by atoms with E-state index in [0.29, 0.717) is 17.8 Å². The molecule has 1 aromatic heterocycles. The van der Waals surface area contributed by atoms with Crippen molar-refractivity contribution in [3.8, 4) is 11.5 Å². The number of carbonyl (C=O) groups excluding carboxylic acids is 2. The summed E-state index contributed by atoms with van der Waals surface area (Å²) in [6.45, 7) is 2.53. The predicted molar refractivity (Wildman–Crippen MR) is 120 cm³/mol. The molecule has 2 amide bonds. The topological polar surface area (TPSA) is 81.0 Å². The van der Waals surface area contributed by atoms with Crippen LogP contribution < -0.4 is 14.8 Å². The van der Waals surface area contributed by atoms with Crippen molar-refractivity contribution in [3.05, 3.63) is 77.2 Å². The van der Waals surface area contributed by atoms with Crippen LogP contribution in [0.5, 0.6) is 11.5 Å². The average molecular weight is 434 g/mol. The summed E-state index contributed by atoms with van der Waals surface area (Å²) < 4.78 is 16.1. The van der Waals surface area contributed by atoms with Crippen LogP contribution in [0.3, 0.4) is 0 Å². The van der Waals surface area contributed by atoms with Gasteiger partial charge in [-0.3, -0.25) is 9.59 Å². The van der Waals surface area contributed by atoms with Crippen molar-refractivity contribution in [1.82, 2.24) is 4.90 Å². The highest BCUT2D eigenvalue weighted by molar-refractivity contribution is 6.04. The number of hydrogen-bond donors (Lipinski definition) is 1. The Morgan fingerprint density at radius 2 is 1.94 bits per heavy atom. The molecule has 4 rings (SSSR count). The smallest absolute Gasteiger partial charge is 0.291 e. The van der Waals surface area contributed by atoms with E-state index in [0.717, 1.165) is 35.5 Å². The number of hydrogen-bond acceptors (Lipinski definition) is 5. The second kappa shape index (κ2) is 9.18. The fourth-order valence-corrected chi connectivity index (χ4v) is 4.08. The summed E-state index contributed by atoms with van der Waals surface area (Å²) in [5.74, 6) is 1.21. The highest BCUT2D eigenvalue weighted by Gasteiger charge is 2.33. The first-order chi connectivity index (χ1) is 15.5. The third-order valence-electron chi connectivity index (χ3n) is 5.79. The van der Waals surface area contributed by atoms with Crippen molar-refractivity contribution >= 4 is 17.5 Å². The maximum Gasteiger partial charge on any atom is 0.291 e. The monoisotopic (exact) mass is 434 g/mol. The highest BCUT2D eigenvalue weighted by Crippen LogP contribution is 2.39. The molecule has 2 aromatic carbocycles. The van der Waals surface area contributed by atoms with Gasteiger partial charge in [0.05, 0.1) is 26.5 Å². The molecule has 0 unspecified atom stereocenters. The van der Waals surface area contributed by atoms with Gasteiger partial charge in [-0.25, -0.2) is 0 Å². The Balaban J connectivity index is 1.61. The molecular weight excluding hydrogens is 408 g/mol. The fourth-order valence-electron chi connectivity index (χ4n) is 4.08. The van der Waals surface area contributed by atoms with Crippen LogP contribution >= 0.6 is 0 Å². The van der Waals surface area contributed by atoms with Crippen LogP contribution in [0.1, 0.15) is 50.9 Å². The Kier molecular flexibility index (Phi) is 6.16. The SMILES string of the molecule is COc1ccc(OC)c([C@H]2CCCN2C(=O)c2ccc(C)c(NC(=O)c3ccco3)c2)c1. The van der Waals surface area contributed by atoms with Gasteiger partial charge in [-0.15, -0.1) is 0 Å². The van der Waals surface area contributed by atoms with Gasteiger partial charge in [0.2, 0.25) is 0 Å². The molecule has 1 atom stereocenters. The second-order valence-electron chi connectivity index (χ2n) is 7.73. The molecule has 0 bridgehead atoms. The largest absolute Gasteiger partial charge is 0.497 e. The Bertz CT molecular complexity index is 1120. The van der Waals surface area contributed by atoms with Crippen molar-refractivity contribution in [2.24, 2.45) is 0 Å². The van der Waals surface area contributed by atoms with Crippen LogP contribution in [0.2, 0.25) is 0 Å². The molecule has 7 nitrogen and oxygen atoms in total. The minimum absolute atomic E-state index is 0.0918. The standard InChI is InChI=1S/C25H26N2O5/c1-16-8-9-17(14-20(16)26-24(28)23-7-5-13-32-23)25(29)27-12-4-6-21(27)19-15-18(30-2)10-11-22(19)31-3/h5,7-11,13-15,21H,4,6,12H2,1-3H3,(H,26,28)/t21-/m1/s1. The Labute approximate surface area is 186 Å². The van der Waals surface area contributed by atoms with E-state index in [1.54, 1.807) is 38.5 Å². The lowest BCUT2D eigenvalue weighted by Crippen LogP contribution is -2.31. The molecule has 3 aromatic rings. The number of likely N-dealkylation sites (tertiary alicyclic amines) is 1. The molecule has 1 aliphatic heterocycles. The Morgan fingerprint density at radius 3 is 2.66 bits per heavy atom. The zero-order valence-corrected chi connectivity index (χ0v) is 18.4. The van der Waals surface area contributed by atoms with Crippen LogP contribution in [0.25, 0.3) is 0 Å². The Morgan fingerprint density at radius 1 is 1.09 bits per heavy atom. The molecule has 1 fully saturated rings. The quantitative estimate of drug-likeness (QED) is 0.601. The number of furan rings is 1. The molecule has 0 spiro atoms. The van der Waals surface area contributed by atoms with Crippen molar-refractivity contribution in [2.45, 2.75) is 25.8 Å². The van der Waals surface area contributed by atoms with Gasteiger partial charge < -0.3 is 24.1 Å². The molecule has 1 saturated heterocycles. The average Bonchev–Trinajstić information content (AvgIpc) is 3.52. The van der Waals surface area contributed by atoms with E-state index in [1.165, 1.54) is 6.26 Å². The minimum Gasteiger partial charge on any atom is -0.497 e. The summed E-state index contributed by atoms with van der Waals surface area (Å²) >= 11 is 0. The number of nitrogens with zero attached hydrogens (tertiary/aromatic N) is 1. The van der Waals surface area contributed by atoms with Crippen molar-refractivity contribution in [2.75, 3.05) is 26.1 Å². The lowest BCUT2D eigenvalue weighted by atomic mass is 10.0. The highest BCUT2D eigenvalue weighted by atomic mass is 16.5. The number of benzene rings is 2. The number of anilines is 1. The molecule has 0 aliphatic carbocycles. The second-order valence-corrected chi connectivity index (χ2v) is 7.73. The van der Waals surface area contributed by atoms with E-state index in [9.17, 15) is 9.59 Å². The van der Waals surface area contributed by atoms with Crippen LogP contribution in [-0.4, -0.2) is 37.5 Å².